The maximum atomic E-state index is 14.0. The van der Waals surface area contributed by atoms with Gasteiger partial charge in [-0.15, -0.1) is 0 Å². The minimum absolute atomic E-state index is 0.0570. The predicted molar refractivity (Wildman–Crippen MR) is 134 cm³/mol. The first kappa shape index (κ1) is 26.7. The Morgan fingerprint density at radius 2 is 1.67 bits per heavy atom. The van der Waals surface area contributed by atoms with Crippen molar-refractivity contribution in [1.29, 1.82) is 0 Å². The van der Waals surface area contributed by atoms with E-state index >= 15 is 0 Å². The molecule has 2 atom stereocenters. The smallest absolute Gasteiger partial charge is 0.238 e. The van der Waals surface area contributed by atoms with Crippen molar-refractivity contribution in [2.75, 3.05) is 5.73 Å². The molecule has 9 heteroatoms. The lowest BCUT2D eigenvalue weighted by Gasteiger charge is -2.40. The van der Waals surface area contributed by atoms with Crippen molar-refractivity contribution >= 4 is 17.6 Å². The molecule has 0 radical (unpaired) electrons. The summed E-state index contributed by atoms with van der Waals surface area (Å²) in [6, 6.07) is 15.7. The normalized spacial score (nSPS) is 13.7. The molecule has 2 amide bonds. The van der Waals surface area contributed by atoms with E-state index in [0.29, 0.717) is 16.9 Å². The number of halogens is 2. The van der Waals surface area contributed by atoms with Crippen molar-refractivity contribution in [2.45, 2.75) is 44.8 Å². The highest BCUT2D eigenvalue weighted by molar-refractivity contribution is 5.93. The minimum Gasteiger partial charge on any atom is -0.384 e. The van der Waals surface area contributed by atoms with E-state index in [9.17, 15) is 18.4 Å². The number of benzene rings is 2. The molecule has 2 aromatic carbocycles. The van der Waals surface area contributed by atoms with Crippen LogP contribution in [0.4, 0.5) is 14.6 Å². The van der Waals surface area contributed by atoms with Crippen LogP contribution in [0.3, 0.4) is 0 Å². The Balaban J connectivity index is 2.04. The van der Waals surface area contributed by atoms with E-state index < -0.39 is 34.9 Å². The van der Waals surface area contributed by atoms with Gasteiger partial charge in [-0.2, -0.15) is 0 Å². The van der Waals surface area contributed by atoms with Crippen LogP contribution < -0.4 is 22.1 Å². The van der Waals surface area contributed by atoms with Gasteiger partial charge in [0.2, 0.25) is 11.8 Å². The number of carbonyl (C=O) groups is 2. The molecule has 0 saturated carbocycles. The number of rotatable bonds is 11. The van der Waals surface area contributed by atoms with Crippen molar-refractivity contribution in [1.82, 2.24) is 15.6 Å². The maximum Gasteiger partial charge on any atom is 0.238 e. The van der Waals surface area contributed by atoms with Gasteiger partial charge < -0.3 is 22.1 Å². The number of hydrogen-bond donors (Lipinski definition) is 4. The second kappa shape index (κ2) is 11.7. The Bertz CT molecular complexity index is 1190. The standard InChI is InChI=1S/C27H31F2N5O2/c1-17(2)34-27(26(31)36,14-18-6-4-3-5-7-18)21(12-19-8-10-22(28)23(29)13-19)25(35)33-16-20-9-11-24(30)32-15-20/h3-11,13,15,17,21,34H,12,14,16H2,1-2H3,(H2,30,32)(H2,31,36)(H,33,35)/t21-,27?/m1/s1. The second-order valence-corrected chi connectivity index (χ2v) is 9.11. The number of nitrogen functional groups attached to an aromatic ring is 1. The lowest BCUT2D eigenvalue weighted by atomic mass is 9.74. The van der Waals surface area contributed by atoms with Crippen molar-refractivity contribution < 1.29 is 18.4 Å². The van der Waals surface area contributed by atoms with E-state index in [-0.39, 0.29) is 25.4 Å². The fraction of sp³-hybridized carbons (Fsp3) is 0.296. The van der Waals surface area contributed by atoms with Gasteiger partial charge in [-0.05, 0) is 55.2 Å². The maximum absolute atomic E-state index is 14.0. The molecule has 1 heterocycles. The molecule has 0 aliphatic heterocycles. The molecule has 0 aliphatic rings. The third kappa shape index (κ3) is 6.63. The number of anilines is 1. The van der Waals surface area contributed by atoms with Gasteiger partial charge in [-0.25, -0.2) is 13.8 Å². The van der Waals surface area contributed by atoms with Crippen LogP contribution >= 0.6 is 0 Å². The number of aromatic nitrogens is 1. The van der Waals surface area contributed by atoms with E-state index in [0.717, 1.165) is 17.7 Å². The first-order valence-electron chi connectivity index (χ1n) is 11.6. The molecule has 3 aromatic rings. The van der Waals surface area contributed by atoms with Gasteiger partial charge in [-0.1, -0.05) is 42.5 Å². The third-order valence-electron chi connectivity index (χ3n) is 5.96. The van der Waals surface area contributed by atoms with Gasteiger partial charge in [0.05, 0.1) is 5.92 Å². The van der Waals surface area contributed by atoms with Crippen LogP contribution in [0.2, 0.25) is 0 Å². The summed E-state index contributed by atoms with van der Waals surface area (Å²) in [6.45, 7) is 3.81. The Hall–Kier alpha value is -3.85. The molecule has 36 heavy (non-hydrogen) atoms. The van der Waals surface area contributed by atoms with Gasteiger partial charge in [0, 0.05) is 25.2 Å². The van der Waals surface area contributed by atoms with Crippen LogP contribution in [0.15, 0.2) is 66.9 Å². The summed E-state index contributed by atoms with van der Waals surface area (Å²) in [5.74, 6) is -3.94. The first-order chi connectivity index (χ1) is 17.1. The first-order valence-corrected chi connectivity index (χ1v) is 11.6. The summed E-state index contributed by atoms with van der Waals surface area (Å²) in [5.41, 5.74) is 12.0. The number of pyridine rings is 1. The van der Waals surface area contributed by atoms with E-state index in [1.807, 2.05) is 44.2 Å². The van der Waals surface area contributed by atoms with Gasteiger partial charge in [0.15, 0.2) is 11.6 Å². The van der Waals surface area contributed by atoms with Crippen molar-refractivity contribution in [2.24, 2.45) is 11.7 Å². The zero-order chi connectivity index (χ0) is 26.3. The number of nitrogens with zero attached hydrogens (tertiary/aromatic N) is 1. The molecule has 190 valence electrons. The highest BCUT2D eigenvalue weighted by Gasteiger charge is 2.48. The molecule has 3 rings (SSSR count). The van der Waals surface area contributed by atoms with Crippen molar-refractivity contribution in [3.8, 4) is 0 Å². The summed E-state index contributed by atoms with van der Waals surface area (Å²) in [7, 11) is 0. The molecule has 0 bridgehead atoms. The predicted octanol–water partition coefficient (Wildman–Crippen LogP) is 2.88. The SMILES string of the molecule is CC(C)NC(Cc1ccccc1)(C(N)=O)[C@H](Cc1ccc(F)c(F)c1)C(=O)NCc1ccc(N)nc1. The number of amides is 2. The lowest BCUT2D eigenvalue weighted by Crippen LogP contribution is -2.66. The third-order valence-corrected chi connectivity index (χ3v) is 5.96. The van der Waals surface area contributed by atoms with Crippen molar-refractivity contribution in [3.05, 3.63) is 95.2 Å². The average molecular weight is 496 g/mol. The summed E-state index contributed by atoms with van der Waals surface area (Å²) in [6.07, 6.45) is 1.60. The van der Waals surface area contributed by atoms with E-state index in [1.54, 1.807) is 12.1 Å². The molecular weight excluding hydrogens is 464 g/mol. The number of carbonyl (C=O) groups excluding carboxylic acids is 2. The number of nitrogens with two attached hydrogens (primary N) is 2. The fourth-order valence-electron chi connectivity index (χ4n) is 4.28. The van der Waals surface area contributed by atoms with Crippen LogP contribution in [0.25, 0.3) is 0 Å². The summed E-state index contributed by atoms with van der Waals surface area (Å²) >= 11 is 0. The summed E-state index contributed by atoms with van der Waals surface area (Å²) < 4.78 is 27.6. The van der Waals surface area contributed by atoms with Crippen LogP contribution in [0.1, 0.15) is 30.5 Å². The molecule has 1 aromatic heterocycles. The van der Waals surface area contributed by atoms with Gasteiger partial charge in [0.25, 0.3) is 0 Å². The summed E-state index contributed by atoms with van der Waals surface area (Å²) in [4.78, 5) is 30.9. The Labute approximate surface area is 209 Å². The fourth-order valence-corrected chi connectivity index (χ4v) is 4.28. The van der Waals surface area contributed by atoms with E-state index in [4.69, 9.17) is 11.5 Å². The Morgan fingerprint density at radius 1 is 0.972 bits per heavy atom. The summed E-state index contributed by atoms with van der Waals surface area (Å²) in [5, 5.41) is 6.09. The van der Waals surface area contributed by atoms with E-state index in [1.165, 1.54) is 12.3 Å². The lowest BCUT2D eigenvalue weighted by molar-refractivity contribution is -0.136. The largest absolute Gasteiger partial charge is 0.384 e. The van der Waals surface area contributed by atoms with Gasteiger partial charge in [0.1, 0.15) is 11.4 Å². The minimum atomic E-state index is -1.52. The average Bonchev–Trinajstić information content (AvgIpc) is 2.84. The molecule has 0 spiro atoms. The molecule has 1 unspecified atom stereocenters. The molecule has 6 N–H and O–H groups in total. The van der Waals surface area contributed by atoms with Crippen LogP contribution in [-0.2, 0) is 29.0 Å². The number of nitrogens with one attached hydrogen (secondary N) is 2. The molecule has 0 aliphatic carbocycles. The number of primary amides is 1. The van der Waals surface area contributed by atoms with Crippen molar-refractivity contribution in [3.63, 3.8) is 0 Å². The monoisotopic (exact) mass is 495 g/mol. The molecular formula is C27H31F2N5O2. The van der Waals surface area contributed by atoms with E-state index in [2.05, 4.69) is 15.6 Å². The van der Waals surface area contributed by atoms with Gasteiger partial charge in [-0.3, -0.25) is 9.59 Å². The quantitative estimate of drug-likeness (QED) is 0.326. The number of hydrogen-bond acceptors (Lipinski definition) is 5. The highest BCUT2D eigenvalue weighted by Crippen LogP contribution is 2.29. The topological polar surface area (TPSA) is 123 Å². The zero-order valence-corrected chi connectivity index (χ0v) is 20.3. The Morgan fingerprint density at radius 3 is 2.25 bits per heavy atom. The van der Waals surface area contributed by atoms with Crippen LogP contribution in [0, 0.1) is 17.6 Å². The van der Waals surface area contributed by atoms with Crippen LogP contribution in [-0.4, -0.2) is 28.4 Å². The Kier molecular flexibility index (Phi) is 8.71. The highest BCUT2D eigenvalue weighted by atomic mass is 19.2. The molecule has 0 fully saturated rings. The van der Waals surface area contributed by atoms with Gasteiger partial charge >= 0.3 is 0 Å². The molecule has 0 saturated heterocycles. The zero-order valence-electron chi connectivity index (χ0n) is 20.3. The second-order valence-electron chi connectivity index (χ2n) is 9.11. The molecule has 7 nitrogen and oxygen atoms in total. The van der Waals surface area contributed by atoms with Crippen LogP contribution in [0.5, 0.6) is 0 Å².